The molecule has 3 heteroatoms. The highest BCUT2D eigenvalue weighted by Gasteiger charge is 2.17. The number of nitrogens with zero attached hydrogens (tertiary/aromatic N) is 2. The summed E-state index contributed by atoms with van der Waals surface area (Å²) in [5.74, 6) is 0. The van der Waals surface area contributed by atoms with Gasteiger partial charge in [0, 0.05) is 13.2 Å². The van der Waals surface area contributed by atoms with E-state index >= 15 is 0 Å². The van der Waals surface area contributed by atoms with E-state index in [4.69, 9.17) is 0 Å². The van der Waals surface area contributed by atoms with Gasteiger partial charge in [0.15, 0.2) is 0 Å². The smallest absolute Gasteiger partial charge is 0.0947 e. The molecule has 1 aromatic heterocycles. The van der Waals surface area contributed by atoms with Crippen LogP contribution in [0, 0.1) is 13.8 Å². The second-order valence-electron chi connectivity index (χ2n) is 5.21. The average molecular weight is 257 g/mol. The SMILES string of the molecule is CCCNC(c1cn(C)cn1)c1ccc(C)cc1C. The third kappa shape index (κ3) is 3.24. The van der Waals surface area contributed by atoms with Crippen molar-refractivity contribution in [3.63, 3.8) is 0 Å². The van der Waals surface area contributed by atoms with Crippen molar-refractivity contribution < 1.29 is 0 Å². The highest BCUT2D eigenvalue weighted by atomic mass is 15.0. The molecule has 1 heterocycles. The molecule has 1 atom stereocenters. The molecular weight excluding hydrogens is 234 g/mol. The van der Waals surface area contributed by atoms with Gasteiger partial charge in [0.1, 0.15) is 0 Å². The highest BCUT2D eigenvalue weighted by molar-refractivity contribution is 5.36. The summed E-state index contributed by atoms with van der Waals surface area (Å²) >= 11 is 0. The third-order valence-electron chi connectivity index (χ3n) is 3.36. The van der Waals surface area contributed by atoms with E-state index in [9.17, 15) is 0 Å². The van der Waals surface area contributed by atoms with E-state index < -0.39 is 0 Å². The summed E-state index contributed by atoms with van der Waals surface area (Å²) in [4.78, 5) is 4.51. The lowest BCUT2D eigenvalue weighted by Gasteiger charge is -2.19. The highest BCUT2D eigenvalue weighted by Crippen LogP contribution is 2.24. The van der Waals surface area contributed by atoms with Crippen molar-refractivity contribution in [2.24, 2.45) is 7.05 Å². The van der Waals surface area contributed by atoms with Gasteiger partial charge in [-0.1, -0.05) is 30.7 Å². The average Bonchev–Trinajstić information content (AvgIpc) is 2.78. The predicted molar refractivity (Wildman–Crippen MR) is 79.3 cm³/mol. The summed E-state index contributed by atoms with van der Waals surface area (Å²) in [6, 6.07) is 6.80. The molecule has 0 saturated carbocycles. The van der Waals surface area contributed by atoms with Crippen LogP contribution in [0.2, 0.25) is 0 Å². The third-order valence-corrected chi connectivity index (χ3v) is 3.36. The summed E-state index contributed by atoms with van der Waals surface area (Å²) in [6.45, 7) is 7.48. The van der Waals surface area contributed by atoms with Gasteiger partial charge in [-0.15, -0.1) is 0 Å². The van der Waals surface area contributed by atoms with E-state index in [1.807, 2.05) is 17.9 Å². The maximum atomic E-state index is 4.51. The summed E-state index contributed by atoms with van der Waals surface area (Å²) in [6.07, 6.45) is 5.07. The van der Waals surface area contributed by atoms with Gasteiger partial charge in [-0.3, -0.25) is 0 Å². The molecule has 102 valence electrons. The summed E-state index contributed by atoms with van der Waals surface area (Å²) in [5.41, 5.74) is 5.02. The molecule has 0 bridgehead atoms. The van der Waals surface area contributed by atoms with Crippen molar-refractivity contribution in [1.29, 1.82) is 0 Å². The zero-order valence-electron chi connectivity index (χ0n) is 12.3. The zero-order valence-corrected chi connectivity index (χ0v) is 12.3. The van der Waals surface area contributed by atoms with Gasteiger partial charge >= 0.3 is 0 Å². The van der Waals surface area contributed by atoms with Crippen molar-refractivity contribution in [2.75, 3.05) is 6.54 Å². The Kier molecular flexibility index (Phi) is 4.38. The van der Waals surface area contributed by atoms with Crippen molar-refractivity contribution in [3.05, 3.63) is 53.1 Å². The molecule has 2 rings (SSSR count). The fourth-order valence-corrected chi connectivity index (χ4v) is 2.39. The number of hydrogen-bond acceptors (Lipinski definition) is 2. The molecule has 0 radical (unpaired) electrons. The van der Waals surface area contributed by atoms with Crippen molar-refractivity contribution >= 4 is 0 Å². The number of aryl methyl sites for hydroxylation is 3. The largest absolute Gasteiger partial charge is 0.340 e. The molecule has 2 aromatic rings. The minimum atomic E-state index is 0.182. The molecule has 0 aliphatic carbocycles. The Balaban J connectivity index is 2.36. The van der Waals surface area contributed by atoms with E-state index in [-0.39, 0.29) is 6.04 Å². The fraction of sp³-hybridized carbons (Fsp3) is 0.438. The van der Waals surface area contributed by atoms with E-state index in [1.165, 1.54) is 16.7 Å². The number of hydrogen-bond donors (Lipinski definition) is 1. The molecule has 3 nitrogen and oxygen atoms in total. The minimum absolute atomic E-state index is 0.182. The maximum absolute atomic E-state index is 4.51. The first-order chi connectivity index (χ1) is 9.11. The maximum Gasteiger partial charge on any atom is 0.0947 e. The first-order valence-electron chi connectivity index (χ1n) is 6.90. The number of imidazole rings is 1. The van der Waals surface area contributed by atoms with Crippen LogP contribution in [0.15, 0.2) is 30.7 Å². The normalized spacial score (nSPS) is 12.6. The lowest BCUT2D eigenvalue weighted by Crippen LogP contribution is -2.24. The fourth-order valence-electron chi connectivity index (χ4n) is 2.39. The van der Waals surface area contributed by atoms with Gasteiger partial charge in [-0.25, -0.2) is 4.98 Å². The van der Waals surface area contributed by atoms with Crippen molar-refractivity contribution in [1.82, 2.24) is 14.9 Å². The number of aromatic nitrogens is 2. The Morgan fingerprint density at radius 1 is 1.32 bits per heavy atom. The van der Waals surface area contributed by atoms with Gasteiger partial charge in [0.25, 0.3) is 0 Å². The lowest BCUT2D eigenvalue weighted by molar-refractivity contribution is 0.586. The molecule has 1 N–H and O–H groups in total. The number of nitrogens with one attached hydrogen (secondary N) is 1. The van der Waals surface area contributed by atoms with Crippen LogP contribution in [0.1, 0.15) is 41.8 Å². The number of benzene rings is 1. The van der Waals surface area contributed by atoms with E-state index in [0.717, 1.165) is 18.7 Å². The quantitative estimate of drug-likeness (QED) is 0.892. The molecule has 1 unspecified atom stereocenters. The Hall–Kier alpha value is -1.61. The topological polar surface area (TPSA) is 29.9 Å². The second kappa shape index (κ2) is 6.02. The predicted octanol–water partition coefficient (Wildman–Crippen LogP) is 3.13. The first-order valence-corrected chi connectivity index (χ1v) is 6.90. The Morgan fingerprint density at radius 2 is 2.11 bits per heavy atom. The molecule has 0 aliphatic rings. The van der Waals surface area contributed by atoms with Gasteiger partial charge in [-0.05, 0) is 37.9 Å². The van der Waals surface area contributed by atoms with Crippen molar-refractivity contribution in [2.45, 2.75) is 33.2 Å². The Bertz CT molecular complexity index is 543. The standard InChI is InChI=1S/C16H23N3/c1-5-8-17-16(15-10-19(4)11-18-15)14-7-6-12(2)9-13(14)3/h6-7,9-11,16-17H,5,8H2,1-4H3. The van der Waals surface area contributed by atoms with Gasteiger partial charge in [0.05, 0.1) is 18.1 Å². The molecule has 19 heavy (non-hydrogen) atoms. The number of rotatable bonds is 5. The van der Waals surface area contributed by atoms with Gasteiger partial charge in [0.2, 0.25) is 0 Å². The van der Waals surface area contributed by atoms with Crippen LogP contribution in [-0.4, -0.2) is 16.1 Å². The monoisotopic (exact) mass is 257 g/mol. The summed E-state index contributed by atoms with van der Waals surface area (Å²) < 4.78 is 2.00. The van der Waals surface area contributed by atoms with Crippen LogP contribution >= 0.6 is 0 Å². The zero-order chi connectivity index (χ0) is 13.8. The molecule has 0 spiro atoms. The van der Waals surface area contributed by atoms with Crippen LogP contribution in [-0.2, 0) is 7.05 Å². The van der Waals surface area contributed by atoms with E-state index in [2.05, 4.69) is 55.5 Å². The van der Waals surface area contributed by atoms with E-state index in [0.29, 0.717) is 0 Å². The first kappa shape index (κ1) is 13.8. The lowest BCUT2D eigenvalue weighted by atomic mass is 9.97. The van der Waals surface area contributed by atoms with Crippen LogP contribution in [0.3, 0.4) is 0 Å². The second-order valence-corrected chi connectivity index (χ2v) is 5.21. The molecular formula is C16H23N3. The molecule has 0 aliphatic heterocycles. The van der Waals surface area contributed by atoms with Crippen LogP contribution < -0.4 is 5.32 Å². The summed E-state index contributed by atoms with van der Waals surface area (Å²) in [5, 5.41) is 3.60. The van der Waals surface area contributed by atoms with Gasteiger partial charge < -0.3 is 9.88 Å². The molecule has 0 fully saturated rings. The molecule has 0 amide bonds. The van der Waals surface area contributed by atoms with E-state index in [1.54, 1.807) is 0 Å². The molecule has 0 saturated heterocycles. The van der Waals surface area contributed by atoms with Crippen LogP contribution in [0.25, 0.3) is 0 Å². The minimum Gasteiger partial charge on any atom is -0.340 e. The Labute approximate surface area is 115 Å². The van der Waals surface area contributed by atoms with Gasteiger partial charge in [-0.2, -0.15) is 0 Å². The van der Waals surface area contributed by atoms with Crippen molar-refractivity contribution in [3.8, 4) is 0 Å². The summed E-state index contributed by atoms with van der Waals surface area (Å²) in [7, 11) is 2.01. The Morgan fingerprint density at radius 3 is 2.68 bits per heavy atom. The van der Waals surface area contributed by atoms with Crippen LogP contribution in [0.5, 0.6) is 0 Å². The van der Waals surface area contributed by atoms with Crippen LogP contribution in [0.4, 0.5) is 0 Å². The molecule has 1 aromatic carbocycles.